The molecule has 0 radical (unpaired) electrons. The minimum atomic E-state index is -1.06. The molecule has 1 saturated heterocycles. The molecule has 0 aliphatic carbocycles. The molecule has 3 aromatic carbocycles. The first kappa shape index (κ1) is 39.7. The highest BCUT2D eigenvalue weighted by Crippen LogP contribution is 2.54. The molecule has 5 rings (SSSR count). The molecule has 276 valence electrons. The van der Waals surface area contributed by atoms with E-state index in [1.54, 1.807) is 6.07 Å². The van der Waals surface area contributed by atoms with Crippen LogP contribution in [-0.4, -0.2) is 94.4 Å². The zero-order valence-corrected chi connectivity index (χ0v) is 33.1. The lowest BCUT2D eigenvalue weighted by molar-refractivity contribution is 0.0624. The number of hydrogen-bond donors (Lipinski definition) is 3. The van der Waals surface area contributed by atoms with E-state index < -0.39 is 17.2 Å². The van der Waals surface area contributed by atoms with E-state index in [4.69, 9.17) is 44.5 Å². The molecule has 0 spiro atoms. The summed E-state index contributed by atoms with van der Waals surface area (Å²) in [5.41, 5.74) is 0.115. The summed E-state index contributed by atoms with van der Waals surface area (Å²) in [6, 6.07) is 18.8. The monoisotopic (exact) mass is 775 g/mol. The van der Waals surface area contributed by atoms with Crippen LogP contribution in [0.2, 0.25) is 15.1 Å². The van der Waals surface area contributed by atoms with E-state index in [0.29, 0.717) is 78.0 Å². The number of aliphatic hydroxyl groups is 2. The third-order valence-corrected chi connectivity index (χ3v) is 11.8. The largest absolute Gasteiger partial charge is 0.493 e. The van der Waals surface area contributed by atoms with E-state index in [1.165, 1.54) is 11.9 Å². The second-order valence-electron chi connectivity index (χ2n) is 14.3. The van der Waals surface area contributed by atoms with Gasteiger partial charge in [-0.2, -0.15) is 0 Å². The number of amidine groups is 1. The Kier molecular flexibility index (Phi) is 12.6. The summed E-state index contributed by atoms with van der Waals surface area (Å²) in [5, 5.41) is 20.9. The predicted octanol–water partition coefficient (Wildman–Crippen LogP) is 7.81. The number of aliphatic imine (C=N–C) groups is 1. The molecule has 2 aliphatic heterocycles. The molecule has 0 saturated carbocycles. The number of carbonyl (C=O) groups excluding carboxylic acids is 1. The molecule has 0 bridgehead atoms. The number of nitrogens with zero attached hydrogens (tertiary/aromatic N) is 4. The fourth-order valence-corrected chi connectivity index (χ4v) is 7.84. The smallest absolute Gasteiger partial charge is 0.326 e. The van der Waals surface area contributed by atoms with Crippen molar-refractivity contribution in [2.24, 2.45) is 4.99 Å². The lowest BCUT2D eigenvalue weighted by Gasteiger charge is -2.47. The lowest BCUT2D eigenvalue weighted by Crippen LogP contribution is -2.60. The van der Waals surface area contributed by atoms with Gasteiger partial charge in [0.25, 0.3) is 0 Å². The van der Waals surface area contributed by atoms with Gasteiger partial charge >= 0.3 is 6.03 Å². The average molecular weight is 777 g/mol. The van der Waals surface area contributed by atoms with Crippen molar-refractivity contribution in [2.75, 3.05) is 45.9 Å². The SMILES string of the molecule is CCOc1cc(Cl)c(SNC(C)(C)C)cc1C1=NC(C)(c2ccc(Cl)cc2)C(C)(c2ccc(Cl)cc2)N1C(=O)N1CCN(CCC(O)CO)CC1. The Labute approximate surface area is 321 Å². The highest BCUT2D eigenvalue weighted by Gasteiger charge is 2.60. The maximum Gasteiger partial charge on any atom is 0.326 e. The number of urea groups is 1. The van der Waals surface area contributed by atoms with Crippen molar-refractivity contribution < 1.29 is 19.7 Å². The fraction of sp³-hybridized carbons (Fsp3) is 0.474. The standard InChI is InChI=1S/C38H48Cl3N5O4S/c1-7-50-32-23-31(41)33(51-43-36(2,3)4)22-30(32)34-42-37(5,25-8-12-27(39)13-9-25)38(6,26-10-14-28(40)15-11-26)46(34)35(49)45-20-18-44(19-21-45)17-16-29(48)24-47/h8-15,22-23,29,43,47-48H,7,16-21,24H2,1-6H3. The summed E-state index contributed by atoms with van der Waals surface area (Å²) in [4.78, 5) is 27.5. The van der Waals surface area contributed by atoms with Crippen LogP contribution in [0.4, 0.5) is 4.79 Å². The molecule has 2 aliphatic rings. The van der Waals surface area contributed by atoms with Crippen molar-refractivity contribution in [2.45, 2.75) is 75.6 Å². The summed E-state index contributed by atoms with van der Waals surface area (Å²) in [6.07, 6.45) is -0.304. The quantitative estimate of drug-likeness (QED) is 0.171. The molecular formula is C38H48Cl3N5O4S. The molecular weight excluding hydrogens is 729 g/mol. The lowest BCUT2D eigenvalue weighted by atomic mass is 9.71. The van der Waals surface area contributed by atoms with Crippen LogP contribution in [0.3, 0.4) is 0 Å². The van der Waals surface area contributed by atoms with Crippen LogP contribution < -0.4 is 9.46 Å². The first-order valence-electron chi connectivity index (χ1n) is 17.2. The number of rotatable bonds is 11. The molecule has 1 fully saturated rings. The van der Waals surface area contributed by atoms with Gasteiger partial charge in [-0.05, 0) is 101 Å². The number of benzene rings is 3. The summed E-state index contributed by atoms with van der Waals surface area (Å²) in [6.45, 7) is 15.2. The van der Waals surface area contributed by atoms with E-state index in [1.807, 2.05) is 71.3 Å². The molecule has 51 heavy (non-hydrogen) atoms. The number of nitrogens with one attached hydrogen (secondary N) is 1. The van der Waals surface area contributed by atoms with Crippen molar-refractivity contribution in [1.29, 1.82) is 0 Å². The Hall–Kier alpha value is -2.54. The summed E-state index contributed by atoms with van der Waals surface area (Å²) in [5.74, 6) is 0.978. The average Bonchev–Trinajstić information content (AvgIpc) is 3.34. The van der Waals surface area contributed by atoms with Crippen molar-refractivity contribution in [3.63, 3.8) is 0 Å². The minimum Gasteiger partial charge on any atom is -0.493 e. The Morgan fingerprint density at radius 1 is 0.980 bits per heavy atom. The molecule has 3 atom stereocenters. The van der Waals surface area contributed by atoms with Crippen LogP contribution >= 0.6 is 46.8 Å². The van der Waals surface area contributed by atoms with Gasteiger partial charge in [-0.1, -0.05) is 59.1 Å². The van der Waals surface area contributed by atoms with Crippen LogP contribution in [0.5, 0.6) is 5.75 Å². The van der Waals surface area contributed by atoms with Crippen LogP contribution in [-0.2, 0) is 11.1 Å². The number of halogens is 3. The molecule has 2 heterocycles. The topological polar surface area (TPSA) is 101 Å². The zero-order chi connectivity index (χ0) is 37.1. The Morgan fingerprint density at radius 2 is 1.57 bits per heavy atom. The van der Waals surface area contributed by atoms with E-state index in [0.717, 1.165) is 16.0 Å². The number of carbonyl (C=O) groups is 1. The van der Waals surface area contributed by atoms with Crippen LogP contribution in [0.1, 0.15) is 64.7 Å². The van der Waals surface area contributed by atoms with E-state index in [-0.39, 0.29) is 18.2 Å². The fourth-order valence-electron chi connectivity index (χ4n) is 6.57. The summed E-state index contributed by atoms with van der Waals surface area (Å²) in [7, 11) is 0. The molecule has 3 aromatic rings. The minimum absolute atomic E-state index is 0.196. The highest BCUT2D eigenvalue weighted by molar-refractivity contribution is 7.97. The van der Waals surface area contributed by atoms with E-state index in [9.17, 15) is 10.2 Å². The zero-order valence-electron chi connectivity index (χ0n) is 30.0. The summed E-state index contributed by atoms with van der Waals surface area (Å²) >= 11 is 21.1. The number of hydrogen-bond acceptors (Lipinski definition) is 8. The first-order valence-corrected chi connectivity index (χ1v) is 19.2. The molecule has 0 aromatic heterocycles. The number of aliphatic hydroxyl groups excluding tert-OH is 2. The Morgan fingerprint density at radius 3 is 2.12 bits per heavy atom. The maximum absolute atomic E-state index is 15.3. The van der Waals surface area contributed by atoms with Gasteiger partial charge < -0.3 is 19.8 Å². The van der Waals surface area contributed by atoms with Gasteiger partial charge in [-0.25, -0.2) is 4.79 Å². The maximum atomic E-state index is 15.3. The van der Waals surface area contributed by atoms with Gasteiger partial charge in [-0.3, -0.25) is 19.5 Å². The Bertz CT molecular complexity index is 1710. The third kappa shape index (κ3) is 8.49. The number of ether oxygens (including phenoxy) is 1. The van der Waals surface area contributed by atoms with Crippen LogP contribution in [0.25, 0.3) is 0 Å². The molecule has 3 unspecified atom stereocenters. The van der Waals surface area contributed by atoms with Gasteiger partial charge in [0.15, 0.2) is 0 Å². The third-order valence-electron chi connectivity index (χ3n) is 9.61. The molecule has 2 amide bonds. The molecule has 9 nitrogen and oxygen atoms in total. The van der Waals surface area contributed by atoms with Gasteiger partial charge in [0.2, 0.25) is 0 Å². The van der Waals surface area contributed by atoms with Gasteiger partial charge in [0, 0.05) is 59.3 Å². The molecule has 13 heteroatoms. The normalized spacial score (nSPS) is 21.9. The second-order valence-corrected chi connectivity index (χ2v) is 16.5. The van der Waals surface area contributed by atoms with E-state index >= 15 is 4.79 Å². The summed E-state index contributed by atoms with van der Waals surface area (Å²) < 4.78 is 9.68. The van der Waals surface area contributed by atoms with Crippen LogP contribution in [0, 0.1) is 0 Å². The van der Waals surface area contributed by atoms with Gasteiger partial charge in [0.05, 0.1) is 29.9 Å². The first-order chi connectivity index (χ1) is 24.1. The molecule has 3 N–H and O–H groups in total. The van der Waals surface area contributed by atoms with Crippen LogP contribution in [0.15, 0.2) is 70.6 Å². The Balaban J connectivity index is 1.69. The van der Waals surface area contributed by atoms with E-state index in [2.05, 4.69) is 44.2 Å². The highest BCUT2D eigenvalue weighted by atomic mass is 35.5. The number of piperazine rings is 1. The predicted molar refractivity (Wildman–Crippen MR) is 208 cm³/mol. The van der Waals surface area contributed by atoms with Crippen molar-refractivity contribution >= 4 is 58.6 Å². The van der Waals surface area contributed by atoms with Crippen molar-refractivity contribution in [3.05, 3.63) is 92.4 Å². The van der Waals surface area contributed by atoms with Gasteiger partial charge in [0.1, 0.15) is 22.7 Å². The second kappa shape index (κ2) is 16.2. The number of amides is 2. The van der Waals surface area contributed by atoms with Crippen molar-refractivity contribution in [1.82, 2.24) is 19.4 Å². The van der Waals surface area contributed by atoms with Gasteiger partial charge in [-0.15, -0.1) is 0 Å². The van der Waals surface area contributed by atoms with Crippen molar-refractivity contribution in [3.8, 4) is 5.75 Å².